The van der Waals surface area contributed by atoms with Crippen LogP contribution in [-0.4, -0.2) is 32.7 Å². The van der Waals surface area contributed by atoms with Crippen molar-refractivity contribution in [2.45, 2.75) is 19.9 Å². The summed E-state index contributed by atoms with van der Waals surface area (Å²) in [6.07, 6.45) is 5.38. The summed E-state index contributed by atoms with van der Waals surface area (Å²) in [5, 5.41) is 3.14. The van der Waals surface area contributed by atoms with E-state index >= 15 is 0 Å². The van der Waals surface area contributed by atoms with Crippen LogP contribution in [0, 0.1) is 0 Å². The second-order valence-corrected chi connectivity index (χ2v) is 5.40. The SMILES string of the molecule is CCN(CCCBr)Cc1cn2ccsc2n1. The Labute approximate surface area is 108 Å². The van der Waals surface area contributed by atoms with Gasteiger partial charge >= 0.3 is 0 Å². The summed E-state index contributed by atoms with van der Waals surface area (Å²) in [6, 6.07) is 0. The number of aromatic nitrogens is 2. The molecule has 0 amide bonds. The summed E-state index contributed by atoms with van der Waals surface area (Å²) in [4.78, 5) is 8.11. The minimum absolute atomic E-state index is 0.956. The van der Waals surface area contributed by atoms with Crippen molar-refractivity contribution < 1.29 is 0 Å². The fraction of sp³-hybridized carbons (Fsp3) is 0.545. The molecule has 2 aromatic rings. The topological polar surface area (TPSA) is 20.5 Å². The second kappa shape index (κ2) is 5.80. The van der Waals surface area contributed by atoms with E-state index in [1.165, 1.54) is 12.1 Å². The highest BCUT2D eigenvalue weighted by Crippen LogP contribution is 2.12. The maximum atomic E-state index is 4.60. The van der Waals surface area contributed by atoms with Crippen LogP contribution in [0.2, 0.25) is 0 Å². The monoisotopic (exact) mass is 301 g/mol. The first-order valence-electron chi connectivity index (χ1n) is 5.53. The van der Waals surface area contributed by atoms with Crippen molar-refractivity contribution in [1.82, 2.24) is 14.3 Å². The first kappa shape index (κ1) is 12.1. The number of imidazole rings is 1. The molecule has 16 heavy (non-hydrogen) atoms. The number of halogens is 1. The molecule has 2 heterocycles. The number of alkyl halides is 1. The third-order valence-electron chi connectivity index (χ3n) is 2.58. The van der Waals surface area contributed by atoms with Crippen LogP contribution in [0.25, 0.3) is 4.96 Å². The van der Waals surface area contributed by atoms with Gasteiger partial charge in [0.25, 0.3) is 0 Å². The van der Waals surface area contributed by atoms with E-state index in [0.29, 0.717) is 0 Å². The lowest BCUT2D eigenvalue weighted by molar-refractivity contribution is 0.279. The lowest BCUT2D eigenvalue weighted by Crippen LogP contribution is -2.24. The standard InChI is InChI=1S/C11H16BrN3S/c1-2-14(5-3-4-12)8-10-9-15-6-7-16-11(15)13-10/h6-7,9H,2-5,8H2,1H3. The number of hydrogen-bond acceptors (Lipinski definition) is 3. The molecule has 0 spiro atoms. The van der Waals surface area contributed by atoms with E-state index in [1.807, 2.05) is 0 Å². The van der Waals surface area contributed by atoms with Crippen molar-refractivity contribution in [3.63, 3.8) is 0 Å². The zero-order chi connectivity index (χ0) is 11.4. The Balaban J connectivity index is 1.99. The molecule has 0 saturated carbocycles. The van der Waals surface area contributed by atoms with Crippen LogP contribution in [0.1, 0.15) is 19.0 Å². The average molecular weight is 302 g/mol. The molecule has 88 valence electrons. The Kier molecular flexibility index (Phi) is 4.37. The second-order valence-electron chi connectivity index (χ2n) is 3.74. The van der Waals surface area contributed by atoms with Gasteiger partial charge in [0.05, 0.1) is 5.69 Å². The van der Waals surface area contributed by atoms with E-state index < -0.39 is 0 Å². The molecule has 0 bridgehead atoms. The van der Waals surface area contributed by atoms with Crippen molar-refractivity contribution in [3.05, 3.63) is 23.5 Å². The summed E-state index contributed by atoms with van der Waals surface area (Å²) < 4.78 is 2.10. The van der Waals surface area contributed by atoms with E-state index in [0.717, 1.165) is 29.9 Å². The van der Waals surface area contributed by atoms with Crippen molar-refractivity contribution in [2.24, 2.45) is 0 Å². The quantitative estimate of drug-likeness (QED) is 0.765. The van der Waals surface area contributed by atoms with Crippen molar-refractivity contribution in [2.75, 3.05) is 18.4 Å². The minimum atomic E-state index is 0.956. The van der Waals surface area contributed by atoms with Crippen LogP contribution < -0.4 is 0 Å². The normalized spacial score (nSPS) is 11.7. The van der Waals surface area contributed by atoms with E-state index in [2.05, 4.69) is 54.9 Å². The van der Waals surface area contributed by atoms with Gasteiger partial charge in [-0.1, -0.05) is 22.9 Å². The Hall–Kier alpha value is -0.390. The van der Waals surface area contributed by atoms with Crippen molar-refractivity contribution in [3.8, 4) is 0 Å². The molecule has 0 radical (unpaired) electrons. The fourth-order valence-electron chi connectivity index (χ4n) is 1.71. The molecule has 0 N–H and O–H groups in total. The molecule has 3 nitrogen and oxygen atoms in total. The Morgan fingerprint density at radius 1 is 1.56 bits per heavy atom. The number of thiazole rings is 1. The molecule has 0 aromatic carbocycles. The molecule has 0 atom stereocenters. The molecule has 2 aromatic heterocycles. The van der Waals surface area contributed by atoms with Gasteiger partial charge in [0.15, 0.2) is 4.96 Å². The van der Waals surface area contributed by atoms with Gasteiger partial charge in [0.1, 0.15) is 0 Å². The lowest BCUT2D eigenvalue weighted by Gasteiger charge is -2.18. The smallest absolute Gasteiger partial charge is 0.193 e. The van der Waals surface area contributed by atoms with Crippen molar-refractivity contribution >= 4 is 32.2 Å². The molecule has 0 saturated heterocycles. The third kappa shape index (κ3) is 2.84. The highest BCUT2D eigenvalue weighted by atomic mass is 79.9. The Bertz CT molecular complexity index is 409. The van der Waals surface area contributed by atoms with E-state index in [1.54, 1.807) is 11.3 Å². The third-order valence-corrected chi connectivity index (χ3v) is 3.92. The summed E-state index contributed by atoms with van der Waals surface area (Å²) >= 11 is 5.16. The molecule has 2 rings (SSSR count). The number of rotatable bonds is 6. The zero-order valence-electron chi connectivity index (χ0n) is 9.40. The van der Waals surface area contributed by atoms with Gasteiger partial charge in [-0.15, -0.1) is 11.3 Å². The summed E-state index contributed by atoms with van der Waals surface area (Å²) in [5.74, 6) is 0. The summed E-state index contributed by atoms with van der Waals surface area (Å²) in [6.45, 7) is 5.37. The molecule has 5 heteroatoms. The molecule has 0 aliphatic heterocycles. The Morgan fingerprint density at radius 2 is 2.44 bits per heavy atom. The molecule has 0 aliphatic rings. The molecular weight excluding hydrogens is 286 g/mol. The maximum absolute atomic E-state index is 4.60. The van der Waals surface area contributed by atoms with Crippen LogP contribution in [0.4, 0.5) is 0 Å². The van der Waals surface area contributed by atoms with Crippen molar-refractivity contribution in [1.29, 1.82) is 0 Å². The van der Waals surface area contributed by atoms with E-state index in [-0.39, 0.29) is 0 Å². The van der Waals surface area contributed by atoms with E-state index in [4.69, 9.17) is 0 Å². The lowest BCUT2D eigenvalue weighted by atomic mass is 10.3. The van der Waals surface area contributed by atoms with Crippen LogP contribution >= 0.6 is 27.3 Å². The van der Waals surface area contributed by atoms with Crippen LogP contribution in [0.3, 0.4) is 0 Å². The predicted molar refractivity (Wildman–Crippen MR) is 72.4 cm³/mol. The molecular formula is C11H16BrN3S. The van der Waals surface area contributed by atoms with Gasteiger partial charge < -0.3 is 0 Å². The Morgan fingerprint density at radius 3 is 3.12 bits per heavy atom. The van der Waals surface area contributed by atoms with Crippen LogP contribution in [0.15, 0.2) is 17.8 Å². The highest BCUT2D eigenvalue weighted by Gasteiger charge is 2.07. The zero-order valence-corrected chi connectivity index (χ0v) is 11.8. The van der Waals surface area contributed by atoms with Gasteiger partial charge in [-0.3, -0.25) is 9.30 Å². The van der Waals surface area contributed by atoms with Gasteiger partial charge in [-0.25, -0.2) is 4.98 Å². The van der Waals surface area contributed by atoms with Gasteiger partial charge in [-0.2, -0.15) is 0 Å². The van der Waals surface area contributed by atoms with Crippen LogP contribution in [-0.2, 0) is 6.54 Å². The summed E-state index contributed by atoms with van der Waals surface area (Å²) in [7, 11) is 0. The largest absolute Gasteiger partial charge is 0.298 e. The predicted octanol–water partition coefficient (Wildman–Crippen LogP) is 3.00. The van der Waals surface area contributed by atoms with Gasteiger partial charge in [-0.05, 0) is 19.5 Å². The minimum Gasteiger partial charge on any atom is -0.298 e. The first-order valence-corrected chi connectivity index (χ1v) is 7.53. The number of hydrogen-bond donors (Lipinski definition) is 0. The van der Waals surface area contributed by atoms with Gasteiger partial charge in [0, 0.05) is 29.6 Å². The molecule has 0 aliphatic carbocycles. The van der Waals surface area contributed by atoms with Gasteiger partial charge in [0.2, 0.25) is 0 Å². The molecule has 0 unspecified atom stereocenters. The van der Waals surface area contributed by atoms with Crippen LogP contribution in [0.5, 0.6) is 0 Å². The maximum Gasteiger partial charge on any atom is 0.193 e. The average Bonchev–Trinajstić information content (AvgIpc) is 2.84. The number of fused-ring (bicyclic) bond motifs is 1. The molecule has 0 fully saturated rings. The summed E-state index contributed by atoms with van der Waals surface area (Å²) in [5.41, 5.74) is 1.17. The highest BCUT2D eigenvalue weighted by molar-refractivity contribution is 9.09. The number of nitrogens with zero attached hydrogens (tertiary/aromatic N) is 3. The van der Waals surface area contributed by atoms with E-state index in [9.17, 15) is 0 Å². The fourth-order valence-corrected chi connectivity index (χ4v) is 2.68. The first-order chi connectivity index (χ1) is 7.83.